The summed E-state index contributed by atoms with van der Waals surface area (Å²) in [6, 6.07) is 0. The summed E-state index contributed by atoms with van der Waals surface area (Å²) >= 11 is 0. The highest BCUT2D eigenvalue weighted by Gasteiger charge is 2.05. The van der Waals surface area contributed by atoms with Gasteiger partial charge in [-0.1, -0.05) is 97.3 Å². The maximum absolute atomic E-state index is 11.2. The standard InChI is InChI=1S/C22H42O4/c1-20(2)16-14-12-10-8-6-4-3-5-7-9-11-13-15-19-26-22(25)18-17-21(23)24/h20H,3-19H2,1-2H3,(H,23,24). The second kappa shape index (κ2) is 18.7. The molecule has 0 rings (SSSR count). The molecule has 154 valence electrons. The van der Waals surface area contributed by atoms with E-state index in [1.54, 1.807) is 0 Å². The van der Waals surface area contributed by atoms with Crippen molar-refractivity contribution in [1.82, 2.24) is 0 Å². The van der Waals surface area contributed by atoms with E-state index in [1.165, 1.54) is 77.0 Å². The van der Waals surface area contributed by atoms with E-state index in [2.05, 4.69) is 13.8 Å². The van der Waals surface area contributed by atoms with Crippen molar-refractivity contribution in [2.24, 2.45) is 5.92 Å². The average molecular weight is 371 g/mol. The van der Waals surface area contributed by atoms with Crippen LogP contribution in [0.5, 0.6) is 0 Å². The molecule has 0 spiro atoms. The van der Waals surface area contributed by atoms with Crippen LogP contribution in [-0.4, -0.2) is 23.7 Å². The molecule has 0 aliphatic carbocycles. The van der Waals surface area contributed by atoms with Crippen LogP contribution in [0.4, 0.5) is 0 Å². The molecule has 4 nitrogen and oxygen atoms in total. The summed E-state index contributed by atoms with van der Waals surface area (Å²) in [6.45, 7) is 5.04. The summed E-state index contributed by atoms with van der Waals surface area (Å²) in [5.41, 5.74) is 0. The van der Waals surface area contributed by atoms with Gasteiger partial charge in [-0.25, -0.2) is 0 Å². The van der Waals surface area contributed by atoms with Gasteiger partial charge in [0.25, 0.3) is 0 Å². The van der Waals surface area contributed by atoms with Gasteiger partial charge in [0.1, 0.15) is 0 Å². The molecule has 0 fully saturated rings. The normalized spacial score (nSPS) is 11.0. The highest BCUT2D eigenvalue weighted by atomic mass is 16.5. The molecule has 4 heteroatoms. The summed E-state index contributed by atoms with van der Waals surface area (Å²) in [6.07, 6.45) is 18.1. The highest BCUT2D eigenvalue weighted by Crippen LogP contribution is 2.14. The minimum absolute atomic E-state index is 0.0206. The molecule has 0 bridgehead atoms. The van der Waals surface area contributed by atoms with Crippen molar-refractivity contribution >= 4 is 11.9 Å². The first kappa shape index (κ1) is 24.9. The number of hydrogen-bond acceptors (Lipinski definition) is 3. The van der Waals surface area contributed by atoms with Crippen LogP contribution in [0.25, 0.3) is 0 Å². The van der Waals surface area contributed by atoms with Crippen LogP contribution in [0.2, 0.25) is 0 Å². The van der Waals surface area contributed by atoms with Gasteiger partial charge < -0.3 is 9.84 Å². The van der Waals surface area contributed by atoms with E-state index >= 15 is 0 Å². The van der Waals surface area contributed by atoms with Crippen molar-refractivity contribution in [3.63, 3.8) is 0 Å². The maximum atomic E-state index is 11.2. The molecule has 0 saturated carbocycles. The van der Waals surface area contributed by atoms with E-state index in [4.69, 9.17) is 9.84 Å². The minimum atomic E-state index is -0.955. The van der Waals surface area contributed by atoms with Crippen LogP contribution in [0, 0.1) is 5.92 Å². The lowest BCUT2D eigenvalue weighted by Gasteiger charge is -2.05. The lowest BCUT2D eigenvalue weighted by molar-refractivity contribution is -0.147. The molecule has 0 aromatic carbocycles. The molecule has 0 aromatic rings. The fourth-order valence-corrected chi connectivity index (χ4v) is 3.07. The Bertz CT molecular complexity index is 339. The van der Waals surface area contributed by atoms with Gasteiger partial charge in [-0.2, -0.15) is 0 Å². The van der Waals surface area contributed by atoms with Crippen molar-refractivity contribution in [2.75, 3.05) is 6.61 Å². The third-order valence-electron chi connectivity index (χ3n) is 4.73. The Morgan fingerprint density at radius 2 is 1.12 bits per heavy atom. The van der Waals surface area contributed by atoms with E-state index < -0.39 is 11.9 Å². The molecule has 0 aromatic heterocycles. The van der Waals surface area contributed by atoms with Gasteiger partial charge in [0, 0.05) is 0 Å². The summed E-state index contributed by atoms with van der Waals surface area (Å²) in [7, 11) is 0. The lowest BCUT2D eigenvalue weighted by atomic mass is 10.0. The maximum Gasteiger partial charge on any atom is 0.306 e. The van der Waals surface area contributed by atoms with Crippen molar-refractivity contribution in [2.45, 2.75) is 117 Å². The predicted octanol–water partition coefficient (Wildman–Crippen LogP) is 6.51. The molecule has 0 aliphatic rings. The van der Waals surface area contributed by atoms with Gasteiger partial charge in [-0.3, -0.25) is 9.59 Å². The van der Waals surface area contributed by atoms with E-state index in [-0.39, 0.29) is 12.8 Å². The fraction of sp³-hybridized carbons (Fsp3) is 0.909. The Balaban J connectivity index is 3.11. The zero-order valence-electron chi connectivity index (χ0n) is 17.3. The first-order valence-corrected chi connectivity index (χ1v) is 10.9. The van der Waals surface area contributed by atoms with Crippen molar-refractivity contribution in [3.8, 4) is 0 Å². The summed E-state index contributed by atoms with van der Waals surface area (Å²) in [5, 5.41) is 8.47. The SMILES string of the molecule is CC(C)CCCCCCCCCCCCCCCOC(=O)CCC(=O)O. The van der Waals surface area contributed by atoms with Crippen molar-refractivity contribution < 1.29 is 19.4 Å². The Kier molecular flexibility index (Phi) is 18.0. The molecule has 0 aliphatic heterocycles. The van der Waals surface area contributed by atoms with E-state index in [0.29, 0.717) is 6.61 Å². The van der Waals surface area contributed by atoms with Gasteiger partial charge in [0.15, 0.2) is 0 Å². The topological polar surface area (TPSA) is 63.6 Å². The second-order valence-electron chi connectivity index (χ2n) is 7.89. The van der Waals surface area contributed by atoms with Crippen molar-refractivity contribution in [3.05, 3.63) is 0 Å². The Morgan fingerprint density at radius 3 is 1.54 bits per heavy atom. The quantitative estimate of drug-likeness (QED) is 0.208. The third-order valence-corrected chi connectivity index (χ3v) is 4.73. The van der Waals surface area contributed by atoms with Crippen LogP contribution >= 0.6 is 0 Å². The monoisotopic (exact) mass is 370 g/mol. The average Bonchev–Trinajstić information content (AvgIpc) is 2.59. The second-order valence-corrected chi connectivity index (χ2v) is 7.89. The van der Waals surface area contributed by atoms with Gasteiger partial charge in [0.05, 0.1) is 19.4 Å². The first-order valence-electron chi connectivity index (χ1n) is 10.9. The largest absolute Gasteiger partial charge is 0.481 e. The van der Waals surface area contributed by atoms with Crippen LogP contribution in [0.1, 0.15) is 117 Å². The molecule has 0 radical (unpaired) electrons. The predicted molar refractivity (Wildman–Crippen MR) is 107 cm³/mol. The molecular weight excluding hydrogens is 328 g/mol. The number of carboxylic acid groups (broad SMARTS) is 1. The smallest absolute Gasteiger partial charge is 0.306 e. The number of rotatable bonds is 19. The zero-order chi connectivity index (χ0) is 19.5. The summed E-state index contributed by atoms with van der Waals surface area (Å²) in [5.74, 6) is -0.496. The Hall–Kier alpha value is -1.06. The summed E-state index contributed by atoms with van der Waals surface area (Å²) in [4.78, 5) is 21.6. The molecular formula is C22H42O4. The summed E-state index contributed by atoms with van der Waals surface area (Å²) < 4.78 is 5.01. The molecule has 0 saturated heterocycles. The fourth-order valence-electron chi connectivity index (χ4n) is 3.07. The molecule has 0 heterocycles. The van der Waals surface area contributed by atoms with Gasteiger partial charge in [-0.15, -0.1) is 0 Å². The van der Waals surface area contributed by atoms with Gasteiger partial charge in [-0.05, 0) is 12.3 Å². The number of ether oxygens (including phenoxy) is 1. The zero-order valence-corrected chi connectivity index (χ0v) is 17.3. The number of unbranched alkanes of at least 4 members (excludes halogenated alkanes) is 12. The minimum Gasteiger partial charge on any atom is -0.481 e. The van der Waals surface area contributed by atoms with Crippen molar-refractivity contribution in [1.29, 1.82) is 0 Å². The Labute approximate surface area is 161 Å². The number of aliphatic carboxylic acids is 1. The molecule has 0 amide bonds. The Morgan fingerprint density at radius 1 is 0.692 bits per heavy atom. The molecule has 1 N–H and O–H groups in total. The van der Waals surface area contributed by atoms with Crippen LogP contribution in [0.3, 0.4) is 0 Å². The molecule has 0 atom stereocenters. The number of carbonyl (C=O) groups is 2. The third kappa shape index (κ3) is 21.0. The number of esters is 1. The van der Waals surface area contributed by atoms with E-state index in [1.807, 2.05) is 0 Å². The highest BCUT2D eigenvalue weighted by molar-refractivity contribution is 5.76. The van der Waals surface area contributed by atoms with E-state index in [0.717, 1.165) is 18.8 Å². The molecule has 26 heavy (non-hydrogen) atoms. The van der Waals surface area contributed by atoms with E-state index in [9.17, 15) is 9.59 Å². The van der Waals surface area contributed by atoms with Crippen LogP contribution in [0.15, 0.2) is 0 Å². The van der Waals surface area contributed by atoms with Gasteiger partial charge in [0.2, 0.25) is 0 Å². The van der Waals surface area contributed by atoms with Crippen LogP contribution in [-0.2, 0) is 14.3 Å². The number of carboxylic acids is 1. The lowest BCUT2D eigenvalue weighted by Crippen LogP contribution is -2.08. The number of hydrogen-bond donors (Lipinski definition) is 1. The van der Waals surface area contributed by atoms with Crippen LogP contribution < -0.4 is 0 Å². The molecule has 0 unspecified atom stereocenters. The number of carbonyl (C=O) groups excluding carboxylic acids is 1. The first-order chi connectivity index (χ1) is 12.5. The van der Waals surface area contributed by atoms with Gasteiger partial charge >= 0.3 is 11.9 Å².